The molecule has 0 radical (unpaired) electrons. The van der Waals surface area contributed by atoms with Crippen LogP contribution in [0.2, 0.25) is 0 Å². The molecule has 2 rings (SSSR count). The summed E-state index contributed by atoms with van der Waals surface area (Å²) in [7, 11) is 0. The minimum absolute atomic E-state index is 0. The van der Waals surface area contributed by atoms with E-state index in [0.717, 1.165) is 19.4 Å². The molecule has 1 atom stereocenters. The fraction of sp³-hybridized carbons (Fsp3) is 1.00. The van der Waals surface area contributed by atoms with Crippen LogP contribution in [0, 0.1) is 0 Å². The summed E-state index contributed by atoms with van der Waals surface area (Å²) < 4.78 is 0. The first kappa shape index (κ1) is 9.30. The van der Waals surface area contributed by atoms with Crippen LogP contribution in [0.4, 0.5) is 0 Å². The Morgan fingerprint density at radius 3 is 2.36 bits per heavy atom. The van der Waals surface area contributed by atoms with Crippen molar-refractivity contribution >= 4 is 12.4 Å². The molecule has 0 bridgehead atoms. The maximum absolute atomic E-state index is 9.62. The van der Waals surface area contributed by atoms with Crippen molar-refractivity contribution in [2.75, 3.05) is 6.54 Å². The maximum Gasteiger partial charge on any atom is 0.0722 e. The molecule has 1 heterocycles. The Labute approximate surface area is 73.8 Å². The Morgan fingerprint density at radius 2 is 2.00 bits per heavy atom. The third-order valence-corrected chi connectivity index (χ3v) is 3.02. The molecule has 2 N–H and O–H groups in total. The van der Waals surface area contributed by atoms with Gasteiger partial charge in [0.15, 0.2) is 0 Å². The molecule has 0 aromatic carbocycles. The zero-order chi connectivity index (χ0) is 7.03. The average Bonchev–Trinajstić information content (AvgIpc) is 1.85. The van der Waals surface area contributed by atoms with Crippen LogP contribution in [0.15, 0.2) is 0 Å². The third kappa shape index (κ3) is 1.40. The van der Waals surface area contributed by atoms with E-state index in [4.69, 9.17) is 0 Å². The van der Waals surface area contributed by atoms with Gasteiger partial charge in [0.05, 0.1) is 6.10 Å². The summed E-state index contributed by atoms with van der Waals surface area (Å²) in [6.45, 7) is 1.11. The molecule has 1 aliphatic heterocycles. The van der Waals surface area contributed by atoms with Gasteiger partial charge in [-0.05, 0) is 38.6 Å². The van der Waals surface area contributed by atoms with Gasteiger partial charge >= 0.3 is 0 Å². The number of piperidine rings is 1. The van der Waals surface area contributed by atoms with Gasteiger partial charge in [0.2, 0.25) is 0 Å². The van der Waals surface area contributed by atoms with Gasteiger partial charge in [-0.15, -0.1) is 12.4 Å². The number of halogens is 1. The monoisotopic (exact) mass is 177 g/mol. The lowest BCUT2D eigenvalue weighted by molar-refractivity contribution is -0.0168. The molecule has 0 amide bonds. The lowest BCUT2D eigenvalue weighted by atomic mass is 9.70. The predicted molar refractivity (Wildman–Crippen MR) is 47.1 cm³/mol. The molecule has 2 nitrogen and oxygen atoms in total. The Bertz CT molecular complexity index is 136. The first-order chi connectivity index (χ1) is 4.83. The highest BCUT2D eigenvalue weighted by molar-refractivity contribution is 5.85. The second-order valence-electron chi connectivity index (χ2n) is 3.59. The second kappa shape index (κ2) is 3.30. The molecule has 0 aromatic rings. The van der Waals surface area contributed by atoms with Gasteiger partial charge in [0.25, 0.3) is 0 Å². The molecule has 2 fully saturated rings. The van der Waals surface area contributed by atoms with Crippen molar-refractivity contribution in [2.45, 2.75) is 43.7 Å². The minimum Gasteiger partial charge on any atom is -0.391 e. The molecule has 0 aromatic heterocycles. The van der Waals surface area contributed by atoms with Gasteiger partial charge in [0.1, 0.15) is 0 Å². The van der Waals surface area contributed by atoms with Gasteiger partial charge in [-0.1, -0.05) is 0 Å². The number of hydrogen-bond acceptors (Lipinski definition) is 2. The summed E-state index contributed by atoms with van der Waals surface area (Å²) in [5, 5.41) is 13.0. The molecule has 1 saturated carbocycles. The number of nitrogens with one attached hydrogen (secondary N) is 1. The molecule has 1 saturated heterocycles. The highest BCUT2D eigenvalue weighted by atomic mass is 35.5. The zero-order valence-corrected chi connectivity index (χ0v) is 7.49. The first-order valence-electron chi connectivity index (χ1n) is 4.27. The van der Waals surface area contributed by atoms with Crippen molar-refractivity contribution in [3.8, 4) is 0 Å². The highest BCUT2D eigenvalue weighted by Gasteiger charge is 2.44. The number of aliphatic hydroxyl groups is 1. The summed E-state index contributed by atoms with van der Waals surface area (Å²) in [5.41, 5.74) is 0.165. The fourth-order valence-electron chi connectivity index (χ4n) is 2.09. The summed E-state index contributed by atoms with van der Waals surface area (Å²) >= 11 is 0. The topological polar surface area (TPSA) is 32.3 Å². The lowest BCUT2D eigenvalue weighted by Crippen LogP contribution is -2.61. The molecule has 1 unspecified atom stereocenters. The SMILES string of the molecule is Cl.OC1CCCNC12CCC2. The average molecular weight is 178 g/mol. The largest absolute Gasteiger partial charge is 0.391 e. The maximum atomic E-state index is 9.62. The van der Waals surface area contributed by atoms with Crippen molar-refractivity contribution < 1.29 is 5.11 Å². The Morgan fingerprint density at radius 1 is 1.27 bits per heavy atom. The van der Waals surface area contributed by atoms with Crippen molar-refractivity contribution in [3.05, 3.63) is 0 Å². The minimum atomic E-state index is -0.0602. The Balaban J connectivity index is 0.000000605. The van der Waals surface area contributed by atoms with Gasteiger partial charge in [-0.2, -0.15) is 0 Å². The van der Waals surface area contributed by atoms with Crippen LogP contribution >= 0.6 is 12.4 Å². The molecule has 1 spiro atoms. The van der Waals surface area contributed by atoms with E-state index in [2.05, 4.69) is 5.32 Å². The zero-order valence-electron chi connectivity index (χ0n) is 6.68. The van der Waals surface area contributed by atoms with E-state index in [0.29, 0.717) is 0 Å². The van der Waals surface area contributed by atoms with Crippen LogP contribution in [0.1, 0.15) is 32.1 Å². The van der Waals surface area contributed by atoms with Crippen LogP contribution in [-0.4, -0.2) is 23.3 Å². The van der Waals surface area contributed by atoms with Crippen LogP contribution in [-0.2, 0) is 0 Å². The van der Waals surface area contributed by atoms with Gasteiger partial charge in [-0.25, -0.2) is 0 Å². The van der Waals surface area contributed by atoms with E-state index in [1.807, 2.05) is 0 Å². The molecule has 1 aliphatic carbocycles. The lowest BCUT2D eigenvalue weighted by Gasteiger charge is -2.49. The van der Waals surface area contributed by atoms with Crippen LogP contribution in [0.25, 0.3) is 0 Å². The van der Waals surface area contributed by atoms with Crippen molar-refractivity contribution in [3.63, 3.8) is 0 Å². The van der Waals surface area contributed by atoms with Crippen molar-refractivity contribution in [2.24, 2.45) is 0 Å². The Hall–Kier alpha value is 0.210. The quantitative estimate of drug-likeness (QED) is 0.581. The Kier molecular flexibility index (Phi) is 2.79. The summed E-state index contributed by atoms with van der Waals surface area (Å²) in [5.74, 6) is 0. The number of aliphatic hydroxyl groups excluding tert-OH is 1. The van der Waals surface area contributed by atoms with Crippen LogP contribution in [0.5, 0.6) is 0 Å². The van der Waals surface area contributed by atoms with Gasteiger partial charge in [0, 0.05) is 5.54 Å². The fourth-order valence-corrected chi connectivity index (χ4v) is 2.09. The standard InChI is InChI=1S/C8H15NO.ClH/c10-7-3-1-6-9-8(7)4-2-5-8;/h7,9-10H,1-6H2;1H. The second-order valence-corrected chi connectivity index (χ2v) is 3.59. The molecular weight excluding hydrogens is 162 g/mol. The number of rotatable bonds is 0. The van der Waals surface area contributed by atoms with E-state index in [1.165, 1.54) is 19.3 Å². The van der Waals surface area contributed by atoms with Crippen molar-refractivity contribution in [1.82, 2.24) is 5.32 Å². The molecule has 3 heteroatoms. The predicted octanol–water partition coefficient (Wildman–Crippen LogP) is 1.08. The van der Waals surface area contributed by atoms with E-state index >= 15 is 0 Å². The number of hydrogen-bond donors (Lipinski definition) is 2. The summed E-state index contributed by atoms with van der Waals surface area (Å²) in [6, 6.07) is 0. The smallest absolute Gasteiger partial charge is 0.0722 e. The van der Waals surface area contributed by atoms with Gasteiger partial charge in [-0.3, -0.25) is 0 Å². The first-order valence-corrected chi connectivity index (χ1v) is 4.27. The van der Waals surface area contributed by atoms with Gasteiger partial charge < -0.3 is 10.4 Å². The normalized spacial score (nSPS) is 34.1. The summed E-state index contributed by atoms with van der Waals surface area (Å²) in [4.78, 5) is 0. The van der Waals surface area contributed by atoms with E-state index in [9.17, 15) is 5.11 Å². The highest BCUT2D eigenvalue weighted by Crippen LogP contribution is 2.38. The van der Waals surface area contributed by atoms with E-state index in [1.54, 1.807) is 0 Å². The van der Waals surface area contributed by atoms with E-state index in [-0.39, 0.29) is 24.0 Å². The van der Waals surface area contributed by atoms with Crippen LogP contribution in [0.3, 0.4) is 0 Å². The van der Waals surface area contributed by atoms with E-state index < -0.39 is 0 Å². The molecule has 66 valence electrons. The molecule has 2 aliphatic rings. The van der Waals surface area contributed by atoms with Crippen molar-refractivity contribution in [1.29, 1.82) is 0 Å². The van der Waals surface area contributed by atoms with Crippen LogP contribution < -0.4 is 5.32 Å². The molecule has 11 heavy (non-hydrogen) atoms. The summed E-state index contributed by atoms with van der Waals surface area (Å²) in [6.07, 6.45) is 5.76. The molecular formula is C8H16ClNO. The third-order valence-electron chi connectivity index (χ3n) is 3.02.